The highest BCUT2D eigenvalue weighted by Gasteiger charge is 2.28. The van der Waals surface area contributed by atoms with E-state index in [2.05, 4.69) is 0 Å². The van der Waals surface area contributed by atoms with Gasteiger partial charge in [0.15, 0.2) is 0 Å². The average Bonchev–Trinajstić information content (AvgIpc) is 2.38. The maximum atomic E-state index is 12.6. The number of halogens is 1. The van der Waals surface area contributed by atoms with E-state index in [4.69, 9.17) is 11.0 Å². The summed E-state index contributed by atoms with van der Waals surface area (Å²) in [4.78, 5) is 0.173. The van der Waals surface area contributed by atoms with Crippen molar-refractivity contribution in [2.75, 3.05) is 20.1 Å². The average molecular weight is 332 g/mol. The van der Waals surface area contributed by atoms with Gasteiger partial charge in [-0.15, -0.1) is 12.4 Å². The molecule has 5 nitrogen and oxygen atoms in total. The van der Waals surface area contributed by atoms with Crippen LogP contribution in [0.25, 0.3) is 0 Å². The zero-order chi connectivity index (χ0) is 15.6. The molecule has 0 amide bonds. The van der Waals surface area contributed by atoms with E-state index in [1.54, 1.807) is 19.1 Å². The fraction of sp³-hybridized carbons (Fsp3) is 0.500. The normalized spacial score (nSPS) is 11.9. The Morgan fingerprint density at radius 2 is 1.95 bits per heavy atom. The summed E-state index contributed by atoms with van der Waals surface area (Å²) >= 11 is 0. The summed E-state index contributed by atoms with van der Waals surface area (Å²) in [6, 6.07) is 6.63. The number of hydrogen-bond acceptors (Lipinski definition) is 4. The second-order valence-electron chi connectivity index (χ2n) is 5.72. The standard InChI is InChI=1S/C14H21N3O2S.ClH/c1-11-5-6-12(8-15)7-13(11)20(18,19)17(4)10-14(2,3)9-16;/h5-7H,9-10,16H2,1-4H3;1H. The highest BCUT2D eigenvalue weighted by molar-refractivity contribution is 7.89. The predicted molar refractivity (Wildman–Crippen MR) is 85.8 cm³/mol. The van der Waals surface area contributed by atoms with Crippen LogP contribution in [0.2, 0.25) is 0 Å². The van der Waals surface area contributed by atoms with E-state index in [-0.39, 0.29) is 22.7 Å². The quantitative estimate of drug-likeness (QED) is 0.892. The molecule has 0 bridgehead atoms. The number of aryl methyl sites for hydroxylation is 1. The minimum absolute atomic E-state index is 0. The van der Waals surface area contributed by atoms with Gasteiger partial charge in [-0.3, -0.25) is 0 Å². The predicted octanol–water partition coefficient (Wildman–Crippen LogP) is 1.89. The van der Waals surface area contributed by atoms with Gasteiger partial charge in [-0.2, -0.15) is 5.26 Å². The molecule has 0 saturated carbocycles. The van der Waals surface area contributed by atoms with Crippen LogP contribution in [0.5, 0.6) is 0 Å². The molecule has 0 aromatic heterocycles. The van der Waals surface area contributed by atoms with E-state index in [9.17, 15) is 8.42 Å². The molecule has 0 heterocycles. The molecule has 1 rings (SSSR count). The molecule has 118 valence electrons. The largest absolute Gasteiger partial charge is 0.330 e. The Bertz CT molecular complexity index is 636. The van der Waals surface area contributed by atoms with Crippen molar-refractivity contribution in [2.45, 2.75) is 25.7 Å². The molecule has 0 radical (unpaired) electrons. The third-order valence-corrected chi connectivity index (χ3v) is 5.15. The summed E-state index contributed by atoms with van der Waals surface area (Å²) in [7, 11) is -2.09. The molecule has 0 unspecified atom stereocenters. The van der Waals surface area contributed by atoms with Crippen LogP contribution in [0.15, 0.2) is 23.1 Å². The molecule has 0 saturated heterocycles. The monoisotopic (exact) mass is 331 g/mol. The first-order valence-corrected chi connectivity index (χ1v) is 7.75. The van der Waals surface area contributed by atoms with Crippen LogP contribution >= 0.6 is 12.4 Å². The molecule has 0 spiro atoms. The van der Waals surface area contributed by atoms with E-state index in [1.165, 1.54) is 17.4 Å². The highest BCUT2D eigenvalue weighted by atomic mass is 35.5. The smallest absolute Gasteiger partial charge is 0.243 e. The fourth-order valence-corrected chi connectivity index (χ4v) is 3.47. The van der Waals surface area contributed by atoms with Gasteiger partial charge < -0.3 is 5.73 Å². The Kier molecular flexibility index (Phi) is 6.84. The molecule has 0 aliphatic carbocycles. The number of nitriles is 1. The second-order valence-corrected chi connectivity index (χ2v) is 7.73. The van der Waals surface area contributed by atoms with Crippen LogP contribution in [0, 0.1) is 23.7 Å². The lowest BCUT2D eigenvalue weighted by atomic mass is 9.94. The fourth-order valence-electron chi connectivity index (χ4n) is 1.87. The molecule has 0 atom stereocenters. The Morgan fingerprint density at radius 1 is 1.38 bits per heavy atom. The zero-order valence-corrected chi connectivity index (χ0v) is 14.4. The van der Waals surface area contributed by atoms with Crippen molar-refractivity contribution in [2.24, 2.45) is 11.1 Å². The minimum atomic E-state index is -3.62. The van der Waals surface area contributed by atoms with E-state index < -0.39 is 10.0 Å². The van der Waals surface area contributed by atoms with E-state index in [1.807, 2.05) is 19.9 Å². The molecule has 0 aliphatic heterocycles. The third-order valence-electron chi connectivity index (χ3n) is 3.21. The third kappa shape index (κ3) is 4.68. The van der Waals surface area contributed by atoms with Crippen LogP contribution < -0.4 is 5.73 Å². The lowest BCUT2D eigenvalue weighted by Crippen LogP contribution is -2.39. The molecule has 7 heteroatoms. The summed E-state index contributed by atoms with van der Waals surface area (Å²) in [5.74, 6) is 0. The zero-order valence-electron chi connectivity index (χ0n) is 12.8. The molecular weight excluding hydrogens is 310 g/mol. The topological polar surface area (TPSA) is 87.2 Å². The maximum absolute atomic E-state index is 12.6. The van der Waals surface area contributed by atoms with Crippen molar-refractivity contribution in [1.82, 2.24) is 4.31 Å². The SMILES string of the molecule is Cc1ccc(C#N)cc1S(=O)(=O)N(C)CC(C)(C)CN.Cl. The van der Waals surface area contributed by atoms with E-state index in [0.717, 1.165) is 0 Å². The van der Waals surface area contributed by atoms with Crippen LogP contribution in [-0.4, -0.2) is 32.9 Å². The van der Waals surface area contributed by atoms with Crippen molar-refractivity contribution >= 4 is 22.4 Å². The first-order valence-electron chi connectivity index (χ1n) is 6.31. The van der Waals surface area contributed by atoms with Gasteiger partial charge in [0.25, 0.3) is 0 Å². The molecule has 1 aromatic rings. The van der Waals surface area contributed by atoms with E-state index in [0.29, 0.717) is 24.2 Å². The number of hydrogen-bond donors (Lipinski definition) is 1. The Labute approximate surface area is 133 Å². The first kappa shape index (κ1) is 19.9. The number of sulfonamides is 1. The van der Waals surface area contributed by atoms with Gasteiger partial charge in [0, 0.05) is 13.6 Å². The summed E-state index contributed by atoms with van der Waals surface area (Å²) in [5.41, 5.74) is 6.30. The second kappa shape index (κ2) is 7.23. The lowest BCUT2D eigenvalue weighted by molar-refractivity contribution is 0.292. The van der Waals surface area contributed by atoms with Crippen LogP contribution in [0.3, 0.4) is 0 Å². The van der Waals surface area contributed by atoms with Crippen LogP contribution in [-0.2, 0) is 10.0 Å². The van der Waals surface area contributed by atoms with Crippen molar-refractivity contribution in [3.05, 3.63) is 29.3 Å². The van der Waals surface area contributed by atoms with Gasteiger partial charge in [0.2, 0.25) is 10.0 Å². The molecule has 0 fully saturated rings. The van der Waals surface area contributed by atoms with Gasteiger partial charge in [-0.1, -0.05) is 19.9 Å². The van der Waals surface area contributed by atoms with E-state index >= 15 is 0 Å². The van der Waals surface area contributed by atoms with Gasteiger partial charge in [-0.05, 0) is 36.6 Å². The summed E-state index contributed by atoms with van der Waals surface area (Å²) in [5, 5.41) is 8.91. The van der Waals surface area contributed by atoms with Crippen LogP contribution in [0.1, 0.15) is 25.0 Å². The van der Waals surface area contributed by atoms with Crippen LogP contribution in [0.4, 0.5) is 0 Å². The molecule has 21 heavy (non-hydrogen) atoms. The number of nitrogens with two attached hydrogens (primary N) is 1. The first-order chi connectivity index (χ1) is 9.14. The van der Waals surface area contributed by atoms with Crippen molar-refractivity contribution in [3.63, 3.8) is 0 Å². The number of rotatable bonds is 5. The van der Waals surface area contributed by atoms with Gasteiger partial charge in [0.05, 0.1) is 16.5 Å². The highest BCUT2D eigenvalue weighted by Crippen LogP contribution is 2.23. The van der Waals surface area contributed by atoms with Crippen molar-refractivity contribution in [1.29, 1.82) is 5.26 Å². The van der Waals surface area contributed by atoms with Crippen molar-refractivity contribution in [3.8, 4) is 6.07 Å². The minimum Gasteiger partial charge on any atom is -0.330 e. The van der Waals surface area contributed by atoms with Gasteiger partial charge in [0.1, 0.15) is 0 Å². The Hall–Kier alpha value is -1.13. The molecule has 2 N–H and O–H groups in total. The Morgan fingerprint density at radius 3 is 2.43 bits per heavy atom. The molecular formula is C14H22ClN3O2S. The number of nitrogens with zero attached hydrogens (tertiary/aromatic N) is 2. The van der Waals surface area contributed by atoms with Crippen molar-refractivity contribution < 1.29 is 8.42 Å². The van der Waals surface area contributed by atoms with Gasteiger partial charge >= 0.3 is 0 Å². The maximum Gasteiger partial charge on any atom is 0.243 e. The van der Waals surface area contributed by atoms with Gasteiger partial charge in [-0.25, -0.2) is 12.7 Å². The number of benzene rings is 1. The molecule has 0 aliphatic rings. The lowest BCUT2D eigenvalue weighted by Gasteiger charge is -2.28. The summed E-state index contributed by atoms with van der Waals surface area (Å²) in [6.07, 6.45) is 0. The molecule has 1 aromatic carbocycles. The Balaban J connectivity index is 0.00000400. The summed E-state index contributed by atoms with van der Waals surface area (Å²) < 4.78 is 26.5. The summed E-state index contributed by atoms with van der Waals surface area (Å²) in [6.45, 7) is 6.26.